The predicted molar refractivity (Wildman–Crippen MR) is 65.7 cm³/mol. The second-order valence-corrected chi connectivity index (χ2v) is 4.20. The lowest BCUT2D eigenvalue weighted by atomic mass is 10.2. The number of rotatable bonds is 6. The fourth-order valence-corrected chi connectivity index (χ4v) is 1.80. The van der Waals surface area contributed by atoms with Crippen LogP contribution in [0.2, 0.25) is 0 Å². The summed E-state index contributed by atoms with van der Waals surface area (Å²) >= 11 is 0. The van der Waals surface area contributed by atoms with Crippen molar-refractivity contribution in [3.05, 3.63) is 35.9 Å². The lowest BCUT2D eigenvalue weighted by molar-refractivity contribution is 0.253. The lowest BCUT2D eigenvalue weighted by Gasteiger charge is -2.23. The van der Waals surface area contributed by atoms with Crippen molar-refractivity contribution in [1.82, 2.24) is 4.90 Å². The topological polar surface area (TPSA) is 29.3 Å². The maximum atomic E-state index is 5.84. The molecule has 0 aromatic heterocycles. The number of hydrogen-bond donors (Lipinski definition) is 1. The van der Waals surface area contributed by atoms with Crippen molar-refractivity contribution < 1.29 is 0 Å². The highest BCUT2D eigenvalue weighted by molar-refractivity contribution is 5.14. The van der Waals surface area contributed by atoms with Gasteiger partial charge >= 0.3 is 0 Å². The zero-order chi connectivity index (χ0) is 11.1. The SMILES string of the molecule is CCCN(Cc1ccccc1)CC(C)N. The van der Waals surface area contributed by atoms with Gasteiger partial charge in [0.1, 0.15) is 0 Å². The van der Waals surface area contributed by atoms with Gasteiger partial charge in [-0.15, -0.1) is 0 Å². The summed E-state index contributed by atoms with van der Waals surface area (Å²) < 4.78 is 0. The molecule has 0 saturated carbocycles. The third kappa shape index (κ3) is 4.96. The summed E-state index contributed by atoms with van der Waals surface area (Å²) in [6.45, 7) is 7.38. The van der Waals surface area contributed by atoms with E-state index >= 15 is 0 Å². The second kappa shape index (κ2) is 6.59. The summed E-state index contributed by atoms with van der Waals surface area (Å²) in [5.74, 6) is 0. The molecule has 0 saturated heterocycles. The van der Waals surface area contributed by atoms with E-state index in [4.69, 9.17) is 5.73 Å². The Bertz CT molecular complexity index is 256. The fraction of sp³-hybridized carbons (Fsp3) is 0.538. The first-order valence-electron chi connectivity index (χ1n) is 5.74. The molecule has 84 valence electrons. The molecule has 0 spiro atoms. The monoisotopic (exact) mass is 206 g/mol. The summed E-state index contributed by atoms with van der Waals surface area (Å²) in [5, 5.41) is 0. The third-order valence-corrected chi connectivity index (χ3v) is 2.34. The van der Waals surface area contributed by atoms with Crippen LogP contribution >= 0.6 is 0 Å². The molecule has 1 aromatic carbocycles. The van der Waals surface area contributed by atoms with E-state index in [0.29, 0.717) is 0 Å². The second-order valence-electron chi connectivity index (χ2n) is 4.20. The molecule has 0 fully saturated rings. The molecular formula is C13H22N2. The number of nitrogens with zero attached hydrogens (tertiary/aromatic N) is 1. The minimum Gasteiger partial charge on any atom is -0.327 e. The average molecular weight is 206 g/mol. The molecule has 1 aromatic rings. The summed E-state index contributed by atoms with van der Waals surface area (Å²) in [6.07, 6.45) is 1.18. The highest BCUT2D eigenvalue weighted by atomic mass is 15.1. The van der Waals surface area contributed by atoms with Crippen LogP contribution in [0.5, 0.6) is 0 Å². The van der Waals surface area contributed by atoms with Gasteiger partial charge in [-0.3, -0.25) is 4.90 Å². The molecule has 15 heavy (non-hydrogen) atoms. The molecule has 2 nitrogen and oxygen atoms in total. The van der Waals surface area contributed by atoms with Crippen LogP contribution in [0.15, 0.2) is 30.3 Å². The number of benzene rings is 1. The Hall–Kier alpha value is -0.860. The van der Waals surface area contributed by atoms with Crippen molar-refractivity contribution in [2.75, 3.05) is 13.1 Å². The molecule has 0 aliphatic carbocycles. The minimum atomic E-state index is 0.250. The Morgan fingerprint density at radius 3 is 2.47 bits per heavy atom. The van der Waals surface area contributed by atoms with Crippen molar-refractivity contribution in [3.63, 3.8) is 0 Å². The maximum Gasteiger partial charge on any atom is 0.0234 e. The van der Waals surface area contributed by atoms with Crippen LogP contribution in [0.3, 0.4) is 0 Å². The highest BCUT2D eigenvalue weighted by Gasteiger charge is 2.06. The Morgan fingerprint density at radius 1 is 1.27 bits per heavy atom. The van der Waals surface area contributed by atoms with Gasteiger partial charge in [0, 0.05) is 19.1 Å². The zero-order valence-electron chi connectivity index (χ0n) is 9.82. The molecule has 0 radical (unpaired) electrons. The van der Waals surface area contributed by atoms with Crippen LogP contribution in [0.25, 0.3) is 0 Å². The van der Waals surface area contributed by atoms with Gasteiger partial charge in [-0.05, 0) is 25.5 Å². The molecule has 2 N–H and O–H groups in total. The van der Waals surface area contributed by atoms with Gasteiger partial charge in [0.25, 0.3) is 0 Å². The summed E-state index contributed by atoms with van der Waals surface area (Å²) in [5.41, 5.74) is 7.20. The molecule has 0 amide bonds. The lowest BCUT2D eigenvalue weighted by Crippen LogP contribution is -2.35. The van der Waals surface area contributed by atoms with Gasteiger partial charge in [0.05, 0.1) is 0 Å². The molecule has 1 atom stereocenters. The molecular weight excluding hydrogens is 184 g/mol. The van der Waals surface area contributed by atoms with Crippen molar-refractivity contribution in [3.8, 4) is 0 Å². The van der Waals surface area contributed by atoms with Crippen LogP contribution in [-0.2, 0) is 6.54 Å². The molecule has 0 aliphatic heterocycles. The van der Waals surface area contributed by atoms with Gasteiger partial charge in [-0.1, -0.05) is 37.3 Å². The van der Waals surface area contributed by atoms with Gasteiger partial charge in [-0.25, -0.2) is 0 Å². The first kappa shape index (κ1) is 12.2. The first-order chi connectivity index (χ1) is 7.22. The summed E-state index contributed by atoms with van der Waals surface area (Å²) in [7, 11) is 0. The van der Waals surface area contributed by atoms with Crippen LogP contribution in [-0.4, -0.2) is 24.0 Å². The van der Waals surface area contributed by atoms with Crippen molar-refractivity contribution >= 4 is 0 Å². The minimum absolute atomic E-state index is 0.250. The predicted octanol–water partition coefficient (Wildman–Crippen LogP) is 2.25. The van der Waals surface area contributed by atoms with Crippen LogP contribution in [0.4, 0.5) is 0 Å². The highest BCUT2D eigenvalue weighted by Crippen LogP contribution is 2.05. The Balaban J connectivity index is 2.50. The quantitative estimate of drug-likeness (QED) is 0.773. The third-order valence-electron chi connectivity index (χ3n) is 2.34. The normalized spacial score (nSPS) is 13.1. The molecule has 0 bridgehead atoms. The fourth-order valence-electron chi connectivity index (χ4n) is 1.80. The van der Waals surface area contributed by atoms with Crippen LogP contribution in [0, 0.1) is 0 Å². The molecule has 0 aliphatic rings. The van der Waals surface area contributed by atoms with E-state index in [-0.39, 0.29) is 6.04 Å². The van der Waals surface area contributed by atoms with Crippen LogP contribution < -0.4 is 5.73 Å². The van der Waals surface area contributed by atoms with Gasteiger partial charge in [0.2, 0.25) is 0 Å². The van der Waals surface area contributed by atoms with Gasteiger partial charge in [-0.2, -0.15) is 0 Å². The van der Waals surface area contributed by atoms with Gasteiger partial charge < -0.3 is 5.73 Å². The van der Waals surface area contributed by atoms with Crippen molar-refractivity contribution in [2.45, 2.75) is 32.9 Å². The number of nitrogens with two attached hydrogens (primary N) is 1. The Morgan fingerprint density at radius 2 is 1.93 bits per heavy atom. The maximum absolute atomic E-state index is 5.84. The van der Waals surface area contributed by atoms with E-state index < -0.39 is 0 Å². The van der Waals surface area contributed by atoms with E-state index in [1.165, 1.54) is 12.0 Å². The van der Waals surface area contributed by atoms with E-state index in [0.717, 1.165) is 19.6 Å². The molecule has 2 heteroatoms. The molecule has 1 unspecified atom stereocenters. The Labute approximate surface area is 93.1 Å². The van der Waals surface area contributed by atoms with E-state index in [2.05, 4.69) is 49.1 Å². The first-order valence-corrected chi connectivity index (χ1v) is 5.74. The standard InChI is InChI=1S/C13H22N2/c1-3-9-15(10-12(2)14)11-13-7-5-4-6-8-13/h4-8,12H,3,9-11,14H2,1-2H3. The van der Waals surface area contributed by atoms with E-state index in [1.54, 1.807) is 0 Å². The van der Waals surface area contributed by atoms with Crippen LogP contribution in [0.1, 0.15) is 25.8 Å². The largest absolute Gasteiger partial charge is 0.327 e. The molecule has 0 heterocycles. The average Bonchev–Trinajstić information content (AvgIpc) is 2.18. The molecule has 1 rings (SSSR count). The van der Waals surface area contributed by atoms with Crippen molar-refractivity contribution in [1.29, 1.82) is 0 Å². The van der Waals surface area contributed by atoms with E-state index in [9.17, 15) is 0 Å². The van der Waals surface area contributed by atoms with Crippen molar-refractivity contribution in [2.24, 2.45) is 5.73 Å². The van der Waals surface area contributed by atoms with Gasteiger partial charge in [0.15, 0.2) is 0 Å². The zero-order valence-corrected chi connectivity index (χ0v) is 9.82. The number of hydrogen-bond acceptors (Lipinski definition) is 2. The smallest absolute Gasteiger partial charge is 0.0234 e. The van der Waals surface area contributed by atoms with E-state index in [1.807, 2.05) is 0 Å². The summed E-state index contributed by atoms with van der Waals surface area (Å²) in [4.78, 5) is 2.42. The Kier molecular flexibility index (Phi) is 5.37. The summed E-state index contributed by atoms with van der Waals surface area (Å²) in [6, 6.07) is 10.8.